The van der Waals surface area contributed by atoms with Gasteiger partial charge in [0.25, 0.3) is 0 Å². The molecule has 9 N–H and O–H groups in total. The van der Waals surface area contributed by atoms with Crippen molar-refractivity contribution >= 4 is 29.8 Å². The predicted octanol–water partition coefficient (Wildman–Crippen LogP) is -5.84. The molecule has 0 aromatic heterocycles. The van der Waals surface area contributed by atoms with E-state index in [0.717, 1.165) is 9.80 Å². The van der Waals surface area contributed by atoms with Crippen LogP contribution in [-0.4, -0.2) is 202 Å². The summed E-state index contributed by atoms with van der Waals surface area (Å²) in [6.07, 6.45) is 0. The topological polar surface area (TPSA) is 296 Å². The first-order chi connectivity index (χ1) is 20.2. The molecule has 0 radical (unpaired) electrons. The molecule has 0 fully saturated rings. The number of carboxylic acid groups (broad SMARTS) is 3. The fourth-order valence-corrected chi connectivity index (χ4v) is 3.33. The molecule has 0 amide bonds. The summed E-state index contributed by atoms with van der Waals surface area (Å²) in [6, 6.07) is 0. The van der Waals surface area contributed by atoms with E-state index in [1.54, 1.807) is 0 Å². The van der Waals surface area contributed by atoms with Crippen molar-refractivity contribution < 1.29 is 79.4 Å². The van der Waals surface area contributed by atoms with Crippen LogP contribution in [0.5, 0.6) is 0 Å². The minimum atomic E-state index is -1.50. The summed E-state index contributed by atoms with van der Waals surface area (Å²) in [5.41, 5.74) is -3.00. The second-order valence-corrected chi connectivity index (χ2v) is 10.1. The van der Waals surface area contributed by atoms with E-state index < -0.39 is 126 Å². The summed E-state index contributed by atoms with van der Waals surface area (Å²) in [6.45, 7) is -8.79. The van der Waals surface area contributed by atoms with Crippen molar-refractivity contribution in [3.05, 3.63) is 0 Å². The van der Waals surface area contributed by atoms with E-state index in [1.165, 1.54) is 4.90 Å². The van der Waals surface area contributed by atoms with E-state index in [2.05, 4.69) is 0 Å². The van der Waals surface area contributed by atoms with E-state index in [9.17, 15) is 69.9 Å². The van der Waals surface area contributed by atoms with Gasteiger partial charge in [-0.1, -0.05) is 0 Å². The number of nitrogens with zero attached hydrogens (tertiary/aromatic N) is 3. The van der Waals surface area contributed by atoms with Crippen molar-refractivity contribution in [2.45, 2.75) is 0 Å². The Morgan fingerprint density at radius 3 is 0.953 bits per heavy atom. The standard InChI is InChI=1S/C24H43N3O16/c28-10-23(11-29,12-30)16-42-21(40)8-26(6-19(36)37)3-1-25(5-18(34)35)2-4-27(7-20(38)39)9-22(41)43-17-24(13-31,14-32)15-33/h28-33H,1-17H2,(H,34,35)(H,36,37)(H,38,39). The Labute approximate surface area is 247 Å². The Hall–Kier alpha value is -3.01. The number of carbonyl (C=O) groups is 5. The van der Waals surface area contributed by atoms with Crippen LogP contribution in [0.3, 0.4) is 0 Å². The van der Waals surface area contributed by atoms with Gasteiger partial charge in [-0.15, -0.1) is 0 Å². The van der Waals surface area contributed by atoms with Crippen LogP contribution in [0, 0.1) is 10.8 Å². The highest BCUT2D eigenvalue weighted by Crippen LogP contribution is 2.16. The van der Waals surface area contributed by atoms with Crippen molar-refractivity contribution in [2.75, 3.05) is 112 Å². The lowest BCUT2D eigenvalue weighted by atomic mass is 9.93. The van der Waals surface area contributed by atoms with E-state index in [1.807, 2.05) is 0 Å². The average molecular weight is 630 g/mol. The molecule has 0 bridgehead atoms. The number of rotatable bonds is 26. The lowest BCUT2D eigenvalue weighted by Crippen LogP contribution is -2.46. The second-order valence-electron chi connectivity index (χ2n) is 10.1. The smallest absolute Gasteiger partial charge is 0.320 e. The molecule has 0 atom stereocenters. The zero-order chi connectivity index (χ0) is 33.1. The molecule has 0 spiro atoms. The molecule has 43 heavy (non-hydrogen) atoms. The average Bonchev–Trinajstić information content (AvgIpc) is 2.95. The zero-order valence-corrected chi connectivity index (χ0v) is 23.7. The summed E-state index contributed by atoms with van der Waals surface area (Å²) in [5.74, 6) is -5.78. The summed E-state index contributed by atoms with van der Waals surface area (Å²) in [7, 11) is 0. The zero-order valence-electron chi connectivity index (χ0n) is 23.7. The first kappa shape index (κ1) is 40.0. The fraction of sp³-hybridized carbons (Fsp3) is 0.792. The molecule has 0 aliphatic rings. The van der Waals surface area contributed by atoms with Gasteiger partial charge in [0.1, 0.15) is 13.2 Å². The third-order valence-electron chi connectivity index (χ3n) is 6.34. The lowest BCUT2D eigenvalue weighted by Gasteiger charge is -2.29. The highest BCUT2D eigenvalue weighted by atomic mass is 16.5. The molecular weight excluding hydrogens is 586 g/mol. The highest BCUT2D eigenvalue weighted by Gasteiger charge is 2.32. The maximum atomic E-state index is 12.3. The minimum absolute atomic E-state index is 0.113. The van der Waals surface area contributed by atoms with Gasteiger partial charge in [-0.05, 0) is 0 Å². The van der Waals surface area contributed by atoms with Crippen LogP contribution in [-0.2, 0) is 33.4 Å². The van der Waals surface area contributed by atoms with Gasteiger partial charge in [0.2, 0.25) is 0 Å². The molecule has 0 aliphatic heterocycles. The maximum Gasteiger partial charge on any atom is 0.320 e. The molecule has 0 rings (SSSR count). The number of hydrogen-bond acceptors (Lipinski definition) is 16. The molecule has 0 aromatic rings. The molecule has 250 valence electrons. The fourth-order valence-electron chi connectivity index (χ4n) is 3.33. The van der Waals surface area contributed by atoms with Gasteiger partial charge in [0.15, 0.2) is 0 Å². The largest absolute Gasteiger partial charge is 0.480 e. The summed E-state index contributed by atoms with van der Waals surface area (Å²) < 4.78 is 9.94. The third-order valence-corrected chi connectivity index (χ3v) is 6.34. The molecule has 0 aromatic carbocycles. The summed E-state index contributed by atoms with van der Waals surface area (Å²) in [5, 5.41) is 83.8. The van der Waals surface area contributed by atoms with Crippen molar-refractivity contribution in [2.24, 2.45) is 10.8 Å². The number of carboxylic acids is 3. The van der Waals surface area contributed by atoms with Gasteiger partial charge >= 0.3 is 29.8 Å². The Bertz CT molecular complexity index is 802. The van der Waals surface area contributed by atoms with Gasteiger partial charge in [-0.2, -0.15) is 0 Å². The molecule has 0 unspecified atom stereocenters. The van der Waals surface area contributed by atoms with Gasteiger partial charge in [0, 0.05) is 26.2 Å². The normalized spacial score (nSPS) is 12.1. The Kier molecular flexibility index (Phi) is 19.4. The number of aliphatic hydroxyl groups excluding tert-OH is 6. The van der Waals surface area contributed by atoms with Crippen molar-refractivity contribution in [1.29, 1.82) is 0 Å². The number of hydrogen-bond donors (Lipinski definition) is 9. The van der Waals surface area contributed by atoms with E-state index in [-0.39, 0.29) is 26.2 Å². The SMILES string of the molecule is O=C(O)CN(CCN(CC(=O)O)CC(=O)OCC(CO)(CO)CO)CCN(CC(=O)O)CC(=O)OCC(CO)(CO)CO. The lowest BCUT2D eigenvalue weighted by molar-refractivity contribution is -0.154. The monoisotopic (exact) mass is 629 g/mol. The second kappa shape index (κ2) is 20.8. The Balaban J connectivity index is 5.33. The van der Waals surface area contributed by atoms with E-state index in [4.69, 9.17) is 9.47 Å². The van der Waals surface area contributed by atoms with Crippen LogP contribution in [0.2, 0.25) is 0 Å². The van der Waals surface area contributed by atoms with Crippen molar-refractivity contribution in [3.8, 4) is 0 Å². The van der Waals surface area contributed by atoms with Crippen molar-refractivity contribution in [1.82, 2.24) is 14.7 Å². The Morgan fingerprint density at radius 1 is 0.442 bits per heavy atom. The van der Waals surface area contributed by atoms with Gasteiger partial charge < -0.3 is 55.4 Å². The summed E-state index contributed by atoms with van der Waals surface area (Å²) in [4.78, 5) is 62.2. The molecule has 19 nitrogen and oxygen atoms in total. The highest BCUT2D eigenvalue weighted by molar-refractivity contribution is 5.74. The maximum absolute atomic E-state index is 12.3. The quantitative estimate of drug-likeness (QED) is 0.0402. The molecule has 0 aliphatic carbocycles. The van der Waals surface area contributed by atoms with Crippen LogP contribution >= 0.6 is 0 Å². The minimum Gasteiger partial charge on any atom is -0.480 e. The summed E-state index contributed by atoms with van der Waals surface area (Å²) >= 11 is 0. The molecular formula is C24H43N3O16. The predicted molar refractivity (Wildman–Crippen MR) is 142 cm³/mol. The number of aliphatic carboxylic acids is 3. The number of carbonyl (C=O) groups excluding carboxylic acids is 2. The van der Waals surface area contributed by atoms with Gasteiger partial charge in [-0.25, -0.2) is 0 Å². The number of aliphatic hydroxyl groups is 6. The van der Waals surface area contributed by atoms with Crippen molar-refractivity contribution in [3.63, 3.8) is 0 Å². The molecule has 19 heteroatoms. The van der Waals surface area contributed by atoms with Crippen LogP contribution in [0.25, 0.3) is 0 Å². The molecule has 0 saturated carbocycles. The Morgan fingerprint density at radius 2 is 0.698 bits per heavy atom. The van der Waals surface area contributed by atoms with Crippen LogP contribution in [0.1, 0.15) is 0 Å². The molecule has 0 heterocycles. The van der Waals surface area contributed by atoms with E-state index >= 15 is 0 Å². The van der Waals surface area contributed by atoms with E-state index in [0.29, 0.717) is 0 Å². The number of ether oxygens (including phenoxy) is 2. The first-order valence-electron chi connectivity index (χ1n) is 13.0. The third kappa shape index (κ3) is 16.4. The van der Waals surface area contributed by atoms with Crippen LogP contribution in [0.4, 0.5) is 0 Å². The first-order valence-corrected chi connectivity index (χ1v) is 13.0. The number of esters is 2. The van der Waals surface area contributed by atoms with Crippen LogP contribution < -0.4 is 0 Å². The van der Waals surface area contributed by atoms with Gasteiger partial charge in [-0.3, -0.25) is 38.7 Å². The molecule has 0 saturated heterocycles. The van der Waals surface area contributed by atoms with Gasteiger partial charge in [0.05, 0.1) is 83.2 Å². The van der Waals surface area contributed by atoms with Crippen LogP contribution in [0.15, 0.2) is 0 Å².